The second-order valence-corrected chi connectivity index (χ2v) is 5.57. The molecule has 0 amide bonds. The van der Waals surface area contributed by atoms with Gasteiger partial charge in [0.1, 0.15) is 0 Å². The Kier molecular flexibility index (Phi) is 0.799. The van der Waals surface area contributed by atoms with Crippen LogP contribution in [0.1, 0.15) is 13.8 Å². The van der Waals surface area contributed by atoms with Crippen LogP contribution in [0.3, 0.4) is 0 Å². The highest BCUT2D eigenvalue weighted by molar-refractivity contribution is 5.31. The first-order valence-electron chi connectivity index (χ1n) is 5.49. The van der Waals surface area contributed by atoms with Crippen molar-refractivity contribution in [3.05, 3.63) is 12.2 Å². The standard InChI is InChI=1S/C12H16/c1-5-6(2)10-9(5)11-7-3-4-8(7)12(10)11/h3-12H,1-2H3. The van der Waals surface area contributed by atoms with E-state index < -0.39 is 0 Å². The van der Waals surface area contributed by atoms with Crippen LogP contribution in [0.5, 0.6) is 0 Å². The maximum atomic E-state index is 2.47. The van der Waals surface area contributed by atoms with Gasteiger partial charge in [0.2, 0.25) is 0 Å². The predicted octanol–water partition coefficient (Wildman–Crippen LogP) is 2.57. The van der Waals surface area contributed by atoms with Crippen molar-refractivity contribution in [1.29, 1.82) is 0 Å². The van der Waals surface area contributed by atoms with Crippen molar-refractivity contribution < 1.29 is 0 Å². The summed E-state index contributed by atoms with van der Waals surface area (Å²) in [5.41, 5.74) is 0. The molecule has 0 N–H and O–H groups in total. The molecule has 3 saturated carbocycles. The molecule has 0 radical (unpaired) electrons. The molecule has 4 aliphatic rings. The molecule has 0 aromatic rings. The molecule has 0 bridgehead atoms. The monoisotopic (exact) mass is 160 g/mol. The van der Waals surface area contributed by atoms with Crippen molar-refractivity contribution in [2.75, 3.05) is 0 Å². The fourth-order valence-corrected chi connectivity index (χ4v) is 4.86. The van der Waals surface area contributed by atoms with Gasteiger partial charge in [-0.25, -0.2) is 0 Å². The summed E-state index contributed by atoms with van der Waals surface area (Å²) in [6, 6.07) is 0. The lowest BCUT2D eigenvalue weighted by Gasteiger charge is -2.78. The Morgan fingerprint density at radius 1 is 0.667 bits per heavy atom. The Balaban J connectivity index is 1.68. The zero-order valence-corrected chi connectivity index (χ0v) is 7.77. The van der Waals surface area contributed by atoms with Crippen LogP contribution in [0, 0.1) is 47.3 Å². The smallest absolute Gasteiger partial charge is 0.0133 e. The summed E-state index contributed by atoms with van der Waals surface area (Å²) in [7, 11) is 0. The molecular formula is C12H16. The SMILES string of the molecule is CC1C(C)C2C1C1C3C=CC3C21. The van der Waals surface area contributed by atoms with E-state index in [1.807, 2.05) is 0 Å². The first-order chi connectivity index (χ1) is 5.80. The molecule has 8 unspecified atom stereocenters. The number of hydrogen-bond donors (Lipinski definition) is 0. The normalized spacial score (nSPS) is 75.2. The Labute approximate surface area is 74.0 Å². The third kappa shape index (κ3) is 0.372. The number of fused-ring (bicyclic) bond motifs is 7. The highest BCUT2D eigenvalue weighted by Gasteiger charge is 2.73. The van der Waals surface area contributed by atoms with E-state index >= 15 is 0 Å². The first kappa shape index (κ1) is 6.23. The van der Waals surface area contributed by atoms with Gasteiger partial charge in [0.25, 0.3) is 0 Å². The van der Waals surface area contributed by atoms with Gasteiger partial charge in [0.15, 0.2) is 0 Å². The van der Waals surface area contributed by atoms with Gasteiger partial charge in [0.05, 0.1) is 0 Å². The number of allylic oxidation sites excluding steroid dienone is 2. The van der Waals surface area contributed by atoms with E-state index in [0.717, 1.165) is 47.3 Å². The third-order valence-electron chi connectivity index (χ3n) is 5.71. The molecule has 0 heteroatoms. The number of rotatable bonds is 0. The lowest BCUT2D eigenvalue weighted by Crippen LogP contribution is -2.74. The minimum Gasteiger partial charge on any atom is -0.0842 e. The minimum atomic E-state index is 1.05. The van der Waals surface area contributed by atoms with Crippen LogP contribution in [0.15, 0.2) is 12.2 Å². The fourth-order valence-electron chi connectivity index (χ4n) is 4.86. The van der Waals surface area contributed by atoms with E-state index in [4.69, 9.17) is 0 Å². The molecule has 0 aromatic heterocycles. The van der Waals surface area contributed by atoms with Crippen LogP contribution < -0.4 is 0 Å². The van der Waals surface area contributed by atoms with Crippen LogP contribution >= 0.6 is 0 Å². The summed E-state index contributed by atoms with van der Waals surface area (Å²) < 4.78 is 0. The quantitative estimate of drug-likeness (QED) is 0.478. The van der Waals surface area contributed by atoms with Crippen molar-refractivity contribution in [3.8, 4) is 0 Å². The number of hydrogen-bond acceptors (Lipinski definition) is 0. The zero-order valence-electron chi connectivity index (χ0n) is 7.77. The van der Waals surface area contributed by atoms with Crippen LogP contribution in [0.2, 0.25) is 0 Å². The van der Waals surface area contributed by atoms with Gasteiger partial charge >= 0.3 is 0 Å². The van der Waals surface area contributed by atoms with E-state index in [1.165, 1.54) is 0 Å². The lowest BCUT2D eigenvalue weighted by molar-refractivity contribution is -0.289. The molecule has 4 aliphatic carbocycles. The minimum absolute atomic E-state index is 1.05. The summed E-state index contributed by atoms with van der Waals surface area (Å²) in [5, 5.41) is 0. The first-order valence-corrected chi connectivity index (χ1v) is 5.49. The Morgan fingerprint density at radius 2 is 1.08 bits per heavy atom. The summed E-state index contributed by atoms with van der Waals surface area (Å²) >= 11 is 0. The van der Waals surface area contributed by atoms with Crippen LogP contribution in [0.4, 0.5) is 0 Å². The van der Waals surface area contributed by atoms with Gasteiger partial charge < -0.3 is 0 Å². The Morgan fingerprint density at radius 3 is 1.42 bits per heavy atom. The molecule has 8 atom stereocenters. The highest BCUT2D eigenvalue weighted by Crippen LogP contribution is 2.77. The average molecular weight is 160 g/mol. The average Bonchev–Trinajstić information content (AvgIpc) is 2.02. The molecule has 64 valence electrons. The summed E-state index contributed by atoms with van der Waals surface area (Å²) in [6.45, 7) is 4.94. The van der Waals surface area contributed by atoms with Crippen LogP contribution in [-0.2, 0) is 0 Å². The molecular weight excluding hydrogens is 144 g/mol. The summed E-state index contributed by atoms with van der Waals surface area (Å²) in [6.07, 6.45) is 4.94. The van der Waals surface area contributed by atoms with Gasteiger partial charge in [-0.15, -0.1) is 0 Å². The molecule has 0 heterocycles. The van der Waals surface area contributed by atoms with Crippen molar-refractivity contribution in [2.24, 2.45) is 47.3 Å². The topological polar surface area (TPSA) is 0 Å². The molecule has 3 fully saturated rings. The maximum Gasteiger partial charge on any atom is -0.0133 e. The van der Waals surface area contributed by atoms with Gasteiger partial charge in [-0.05, 0) is 47.3 Å². The largest absolute Gasteiger partial charge is 0.0842 e. The van der Waals surface area contributed by atoms with Crippen molar-refractivity contribution >= 4 is 0 Å². The van der Waals surface area contributed by atoms with Crippen molar-refractivity contribution in [2.45, 2.75) is 13.8 Å². The molecule has 0 saturated heterocycles. The molecule has 4 rings (SSSR count). The zero-order chi connectivity index (χ0) is 8.03. The summed E-state index contributed by atoms with van der Waals surface area (Å²) in [5.74, 6) is 8.79. The van der Waals surface area contributed by atoms with Crippen molar-refractivity contribution in [3.63, 3.8) is 0 Å². The van der Waals surface area contributed by atoms with Gasteiger partial charge in [-0.1, -0.05) is 26.0 Å². The third-order valence-corrected chi connectivity index (χ3v) is 5.71. The van der Waals surface area contributed by atoms with Crippen LogP contribution in [-0.4, -0.2) is 0 Å². The van der Waals surface area contributed by atoms with E-state index in [0.29, 0.717) is 0 Å². The molecule has 12 heavy (non-hydrogen) atoms. The van der Waals surface area contributed by atoms with Crippen molar-refractivity contribution in [1.82, 2.24) is 0 Å². The molecule has 0 aliphatic heterocycles. The Bertz CT molecular complexity index is 250. The summed E-state index contributed by atoms with van der Waals surface area (Å²) in [4.78, 5) is 0. The van der Waals surface area contributed by atoms with Gasteiger partial charge in [0, 0.05) is 0 Å². The lowest BCUT2D eigenvalue weighted by atomic mass is 9.26. The second kappa shape index (κ2) is 1.54. The van der Waals surface area contributed by atoms with Gasteiger partial charge in [-0.3, -0.25) is 0 Å². The van der Waals surface area contributed by atoms with Gasteiger partial charge in [-0.2, -0.15) is 0 Å². The maximum absolute atomic E-state index is 2.47. The van der Waals surface area contributed by atoms with E-state index in [2.05, 4.69) is 26.0 Å². The Hall–Kier alpha value is -0.260. The molecule has 0 aromatic carbocycles. The fraction of sp³-hybridized carbons (Fsp3) is 0.833. The van der Waals surface area contributed by atoms with E-state index in [9.17, 15) is 0 Å². The van der Waals surface area contributed by atoms with E-state index in [-0.39, 0.29) is 0 Å². The molecule has 0 spiro atoms. The second-order valence-electron chi connectivity index (χ2n) is 5.57. The van der Waals surface area contributed by atoms with E-state index in [1.54, 1.807) is 0 Å². The highest BCUT2D eigenvalue weighted by atomic mass is 14.8. The van der Waals surface area contributed by atoms with Crippen LogP contribution in [0.25, 0.3) is 0 Å². The molecule has 0 nitrogen and oxygen atoms in total. The predicted molar refractivity (Wildman–Crippen MR) is 48.4 cm³/mol.